The minimum absolute atomic E-state index is 0.111. The molecule has 1 aromatic heterocycles. The molecule has 0 unspecified atom stereocenters. The van der Waals surface area contributed by atoms with E-state index in [-0.39, 0.29) is 5.54 Å². The Morgan fingerprint density at radius 1 is 1.42 bits per heavy atom. The van der Waals surface area contributed by atoms with Crippen LogP contribution in [-0.4, -0.2) is 24.0 Å². The van der Waals surface area contributed by atoms with E-state index in [2.05, 4.69) is 50.7 Å². The van der Waals surface area contributed by atoms with E-state index >= 15 is 0 Å². The van der Waals surface area contributed by atoms with Gasteiger partial charge in [-0.2, -0.15) is 0 Å². The molecule has 0 aromatic carbocycles. The van der Waals surface area contributed by atoms with Gasteiger partial charge in [-0.3, -0.25) is 0 Å². The fraction of sp³-hybridized carbons (Fsp3) is 0.625. The standard InChI is InChI=1S/C16H28N2O/c1-6-7-8-10-18(5)13-14-9-11-19-15(14)12-17-16(2,3)4/h6,9,11,17H,1,7-8,10,12-13H2,2-5H3. The minimum atomic E-state index is 0.111. The Kier molecular flexibility index (Phi) is 6.32. The number of hydrogen-bond acceptors (Lipinski definition) is 3. The van der Waals surface area contributed by atoms with Crippen molar-refractivity contribution in [1.29, 1.82) is 0 Å². The molecule has 1 aromatic rings. The van der Waals surface area contributed by atoms with Crippen molar-refractivity contribution in [3.63, 3.8) is 0 Å². The van der Waals surface area contributed by atoms with E-state index in [1.807, 2.05) is 6.08 Å². The summed E-state index contributed by atoms with van der Waals surface area (Å²) in [5.74, 6) is 1.05. The van der Waals surface area contributed by atoms with Crippen molar-refractivity contribution < 1.29 is 4.42 Å². The number of allylic oxidation sites excluding steroid dienone is 1. The number of furan rings is 1. The SMILES string of the molecule is C=CCCCN(C)Cc1ccoc1CNC(C)(C)C. The van der Waals surface area contributed by atoms with Gasteiger partial charge in [0.05, 0.1) is 12.8 Å². The van der Waals surface area contributed by atoms with Gasteiger partial charge in [0.25, 0.3) is 0 Å². The normalized spacial score (nSPS) is 12.1. The van der Waals surface area contributed by atoms with Crippen LogP contribution in [0.4, 0.5) is 0 Å². The van der Waals surface area contributed by atoms with E-state index in [9.17, 15) is 0 Å². The Balaban J connectivity index is 2.45. The second-order valence-corrected chi connectivity index (χ2v) is 6.14. The number of nitrogens with one attached hydrogen (secondary N) is 1. The van der Waals surface area contributed by atoms with Crippen LogP contribution in [0.25, 0.3) is 0 Å². The third-order valence-corrected chi connectivity index (χ3v) is 3.01. The predicted molar refractivity (Wildman–Crippen MR) is 81.1 cm³/mol. The van der Waals surface area contributed by atoms with Gasteiger partial charge in [0.1, 0.15) is 5.76 Å². The molecule has 0 saturated heterocycles. The van der Waals surface area contributed by atoms with Gasteiger partial charge >= 0.3 is 0 Å². The molecule has 0 saturated carbocycles. The molecule has 19 heavy (non-hydrogen) atoms. The lowest BCUT2D eigenvalue weighted by Gasteiger charge is -2.21. The maximum absolute atomic E-state index is 5.58. The van der Waals surface area contributed by atoms with Crippen molar-refractivity contribution in [1.82, 2.24) is 10.2 Å². The molecule has 0 atom stereocenters. The predicted octanol–water partition coefficient (Wildman–Crippen LogP) is 3.57. The van der Waals surface area contributed by atoms with Crippen LogP contribution >= 0.6 is 0 Å². The average molecular weight is 264 g/mol. The molecule has 3 heteroatoms. The van der Waals surface area contributed by atoms with Gasteiger partial charge < -0.3 is 14.6 Å². The summed E-state index contributed by atoms with van der Waals surface area (Å²) in [5.41, 5.74) is 1.39. The highest BCUT2D eigenvalue weighted by Gasteiger charge is 2.13. The summed E-state index contributed by atoms with van der Waals surface area (Å²) >= 11 is 0. The van der Waals surface area contributed by atoms with Crippen molar-refractivity contribution in [2.24, 2.45) is 0 Å². The summed E-state index contributed by atoms with van der Waals surface area (Å²) in [6, 6.07) is 2.07. The van der Waals surface area contributed by atoms with Crippen LogP contribution < -0.4 is 5.32 Å². The summed E-state index contributed by atoms with van der Waals surface area (Å²) < 4.78 is 5.58. The molecule has 0 aliphatic rings. The van der Waals surface area contributed by atoms with E-state index < -0.39 is 0 Å². The summed E-state index contributed by atoms with van der Waals surface area (Å²) in [4.78, 5) is 2.33. The molecule has 0 fully saturated rings. The molecule has 1 N–H and O–H groups in total. The molecule has 0 radical (unpaired) electrons. The summed E-state index contributed by atoms with van der Waals surface area (Å²) in [6.45, 7) is 13.1. The van der Waals surface area contributed by atoms with Crippen molar-refractivity contribution in [3.8, 4) is 0 Å². The molecule has 0 aliphatic heterocycles. The molecule has 0 amide bonds. The minimum Gasteiger partial charge on any atom is -0.468 e. The molecular formula is C16H28N2O. The van der Waals surface area contributed by atoms with E-state index in [0.29, 0.717) is 0 Å². The van der Waals surface area contributed by atoms with Crippen LogP contribution in [0, 0.1) is 0 Å². The zero-order chi connectivity index (χ0) is 14.3. The highest BCUT2D eigenvalue weighted by Crippen LogP contribution is 2.14. The lowest BCUT2D eigenvalue weighted by Crippen LogP contribution is -2.35. The summed E-state index contributed by atoms with van der Waals surface area (Å²) in [5, 5.41) is 3.46. The Morgan fingerprint density at radius 3 is 2.79 bits per heavy atom. The smallest absolute Gasteiger partial charge is 0.122 e. The van der Waals surface area contributed by atoms with Crippen molar-refractivity contribution >= 4 is 0 Å². The fourth-order valence-electron chi connectivity index (χ4n) is 1.88. The first-order valence-corrected chi connectivity index (χ1v) is 7.02. The summed E-state index contributed by atoms with van der Waals surface area (Å²) in [7, 11) is 2.15. The third-order valence-electron chi connectivity index (χ3n) is 3.01. The first-order valence-electron chi connectivity index (χ1n) is 7.02. The molecule has 3 nitrogen and oxygen atoms in total. The van der Waals surface area contributed by atoms with Gasteiger partial charge in [-0.25, -0.2) is 0 Å². The molecule has 1 rings (SSSR count). The van der Waals surface area contributed by atoms with Gasteiger partial charge in [0.15, 0.2) is 0 Å². The van der Waals surface area contributed by atoms with Gasteiger partial charge in [0.2, 0.25) is 0 Å². The topological polar surface area (TPSA) is 28.4 Å². The first kappa shape index (κ1) is 16.0. The zero-order valence-electron chi connectivity index (χ0n) is 12.8. The summed E-state index contributed by atoms with van der Waals surface area (Å²) in [6.07, 6.45) is 6.00. The number of unbranched alkanes of at least 4 members (excludes halogenated alkanes) is 1. The molecule has 0 spiro atoms. The highest BCUT2D eigenvalue weighted by atomic mass is 16.3. The van der Waals surface area contributed by atoms with E-state index in [4.69, 9.17) is 4.42 Å². The Labute approximate surface area is 117 Å². The first-order chi connectivity index (χ1) is 8.92. The van der Waals surface area contributed by atoms with E-state index in [0.717, 1.165) is 38.2 Å². The second-order valence-electron chi connectivity index (χ2n) is 6.14. The maximum atomic E-state index is 5.58. The molecule has 1 heterocycles. The highest BCUT2D eigenvalue weighted by molar-refractivity contribution is 5.17. The lowest BCUT2D eigenvalue weighted by atomic mass is 10.1. The molecular weight excluding hydrogens is 236 g/mol. The van der Waals surface area contributed by atoms with Crippen LogP contribution in [0.5, 0.6) is 0 Å². The van der Waals surface area contributed by atoms with Gasteiger partial charge in [-0.15, -0.1) is 6.58 Å². The molecule has 0 aliphatic carbocycles. The molecule has 108 valence electrons. The van der Waals surface area contributed by atoms with Crippen LogP contribution in [-0.2, 0) is 13.1 Å². The van der Waals surface area contributed by atoms with Crippen molar-refractivity contribution in [2.75, 3.05) is 13.6 Å². The second kappa shape index (κ2) is 7.51. The quantitative estimate of drug-likeness (QED) is 0.575. The maximum Gasteiger partial charge on any atom is 0.122 e. The number of hydrogen-bond donors (Lipinski definition) is 1. The lowest BCUT2D eigenvalue weighted by molar-refractivity contribution is 0.316. The largest absolute Gasteiger partial charge is 0.468 e. The van der Waals surface area contributed by atoms with Gasteiger partial charge in [0, 0.05) is 17.6 Å². The van der Waals surface area contributed by atoms with Crippen LogP contribution in [0.2, 0.25) is 0 Å². The zero-order valence-corrected chi connectivity index (χ0v) is 12.8. The van der Waals surface area contributed by atoms with Crippen LogP contribution in [0.1, 0.15) is 44.9 Å². The average Bonchev–Trinajstić information content (AvgIpc) is 2.73. The van der Waals surface area contributed by atoms with E-state index in [1.54, 1.807) is 6.26 Å². The van der Waals surface area contributed by atoms with Gasteiger partial charge in [-0.1, -0.05) is 6.08 Å². The van der Waals surface area contributed by atoms with Crippen molar-refractivity contribution in [2.45, 2.75) is 52.2 Å². The van der Waals surface area contributed by atoms with Crippen molar-refractivity contribution in [3.05, 3.63) is 36.3 Å². The number of nitrogens with zero attached hydrogens (tertiary/aromatic N) is 1. The monoisotopic (exact) mass is 264 g/mol. The van der Waals surface area contributed by atoms with Crippen LogP contribution in [0.15, 0.2) is 29.4 Å². The fourth-order valence-corrected chi connectivity index (χ4v) is 1.88. The Hall–Kier alpha value is -1.06. The van der Waals surface area contributed by atoms with Gasteiger partial charge in [-0.05, 0) is 53.3 Å². The third kappa shape index (κ3) is 6.60. The van der Waals surface area contributed by atoms with Crippen LogP contribution in [0.3, 0.4) is 0 Å². The Morgan fingerprint density at radius 2 is 2.16 bits per heavy atom. The number of rotatable bonds is 8. The Bertz CT molecular complexity index is 376. The van der Waals surface area contributed by atoms with E-state index in [1.165, 1.54) is 5.56 Å². The molecule has 0 bridgehead atoms.